The molecule has 2 N–H and O–H groups in total. The summed E-state index contributed by atoms with van der Waals surface area (Å²) in [5.74, 6) is 0. The van der Waals surface area contributed by atoms with Gasteiger partial charge in [-0.25, -0.2) is 0 Å². The van der Waals surface area contributed by atoms with Crippen molar-refractivity contribution < 1.29 is 0 Å². The van der Waals surface area contributed by atoms with Crippen LogP contribution in [0, 0.1) is 0 Å². The van der Waals surface area contributed by atoms with E-state index in [1.54, 1.807) is 0 Å². The molecule has 1 fully saturated rings. The maximum Gasteiger partial charge on any atom is 0.0705 e. The van der Waals surface area contributed by atoms with Crippen LogP contribution < -0.4 is 5.32 Å². The molecule has 1 aromatic carbocycles. The van der Waals surface area contributed by atoms with Crippen molar-refractivity contribution in [1.29, 1.82) is 0 Å². The molecular weight excluding hydrogens is 282 g/mol. The summed E-state index contributed by atoms with van der Waals surface area (Å²) in [6, 6.07) is 8.19. The lowest BCUT2D eigenvalue weighted by molar-refractivity contribution is 0.225. The number of halogens is 1. The summed E-state index contributed by atoms with van der Waals surface area (Å²) in [5.41, 5.74) is 2.21. The summed E-state index contributed by atoms with van der Waals surface area (Å²) >= 11 is 6.41. The van der Waals surface area contributed by atoms with Crippen molar-refractivity contribution in [3.63, 3.8) is 0 Å². The Labute approximate surface area is 131 Å². The second-order valence-corrected chi connectivity index (χ2v) is 6.27. The molecule has 2 aromatic rings. The predicted molar refractivity (Wildman–Crippen MR) is 89.9 cm³/mol. The topological polar surface area (TPSA) is 31.1 Å². The Morgan fingerprint density at radius 1 is 1.14 bits per heavy atom. The zero-order chi connectivity index (χ0) is 14.5. The number of para-hydroxylation sites is 1. The smallest absolute Gasteiger partial charge is 0.0705 e. The van der Waals surface area contributed by atoms with Crippen LogP contribution in [0.25, 0.3) is 10.9 Å². The number of piperidine rings is 1. The average molecular weight is 306 g/mol. The molecule has 3 nitrogen and oxygen atoms in total. The minimum Gasteiger partial charge on any atom is -0.356 e. The lowest BCUT2D eigenvalue weighted by Gasteiger charge is -2.26. The van der Waals surface area contributed by atoms with Crippen LogP contribution in [0.4, 0.5) is 0 Å². The molecule has 1 aliphatic heterocycles. The predicted octanol–water partition coefficient (Wildman–Crippen LogP) is 3.79. The average Bonchev–Trinajstić information content (AvgIpc) is 2.85. The molecule has 0 aliphatic carbocycles. The number of fused-ring (bicyclic) bond motifs is 1. The van der Waals surface area contributed by atoms with E-state index in [0.29, 0.717) is 0 Å². The number of nitrogens with zero attached hydrogens (tertiary/aromatic N) is 1. The third-order valence-electron chi connectivity index (χ3n) is 4.29. The van der Waals surface area contributed by atoms with Crippen LogP contribution >= 0.6 is 11.6 Å². The van der Waals surface area contributed by atoms with E-state index >= 15 is 0 Å². The van der Waals surface area contributed by atoms with Crippen LogP contribution in [0.1, 0.15) is 31.4 Å². The SMILES string of the molecule is Clc1c(CNCCCN2CCCCC2)[nH]c2ccccc12. The first-order valence-corrected chi connectivity index (χ1v) is 8.40. The first-order valence-electron chi connectivity index (χ1n) is 8.03. The van der Waals surface area contributed by atoms with Crippen molar-refractivity contribution in [3.05, 3.63) is 35.0 Å². The highest BCUT2D eigenvalue weighted by molar-refractivity contribution is 6.36. The van der Waals surface area contributed by atoms with Gasteiger partial charge in [0.2, 0.25) is 0 Å². The van der Waals surface area contributed by atoms with E-state index in [0.717, 1.165) is 34.7 Å². The van der Waals surface area contributed by atoms with Crippen LogP contribution in [-0.2, 0) is 6.54 Å². The van der Waals surface area contributed by atoms with Crippen molar-refractivity contribution in [2.24, 2.45) is 0 Å². The van der Waals surface area contributed by atoms with Gasteiger partial charge in [0.05, 0.1) is 5.02 Å². The number of benzene rings is 1. The number of rotatable bonds is 6. The van der Waals surface area contributed by atoms with Gasteiger partial charge in [0.1, 0.15) is 0 Å². The molecule has 0 spiro atoms. The van der Waals surface area contributed by atoms with Gasteiger partial charge in [0.15, 0.2) is 0 Å². The number of nitrogens with one attached hydrogen (secondary N) is 2. The fraction of sp³-hybridized carbons (Fsp3) is 0.529. The minimum atomic E-state index is 0.813. The van der Waals surface area contributed by atoms with Gasteiger partial charge < -0.3 is 15.2 Å². The van der Waals surface area contributed by atoms with E-state index in [1.165, 1.54) is 45.3 Å². The first-order chi connectivity index (χ1) is 10.3. The monoisotopic (exact) mass is 305 g/mol. The fourth-order valence-electron chi connectivity index (χ4n) is 3.11. The summed E-state index contributed by atoms with van der Waals surface area (Å²) in [4.78, 5) is 5.98. The van der Waals surface area contributed by atoms with Gasteiger partial charge in [-0.15, -0.1) is 0 Å². The van der Waals surface area contributed by atoms with Crippen molar-refractivity contribution >= 4 is 22.5 Å². The third kappa shape index (κ3) is 3.79. The summed E-state index contributed by atoms with van der Waals surface area (Å²) < 4.78 is 0. The first kappa shape index (κ1) is 14.9. The quantitative estimate of drug-likeness (QED) is 0.796. The van der Waals surface area contributed by atoms with E-state index in [2.05, 4.69) is 27.3 Å². The van der Waals surface area contributed by atoms with Crippen LogP contribution in [0.2, 0.25) is 5.02 Å². The summed E-state index contributed by atoms with van der Waals surface area (Å²) in [6.07, 6.45) is 5.36. The highest BCUT2D eigenvalue weighted by Crippen LogP contribution is 2.26. The summed E-state index contributed by atoms with van der Waals surface area (Å²) in [6.45, 7) is 5.64. The second-order valence-electron chi connectivity index (χ2n) is 5.90. The lowest BCUT2D eigenvalue weighted by atomic mass is 10.1. The molecule has 0 bridgehead atoms. The van der Waals surface area contributed by atoms with Crippen molar-refractivity contribution in [2.75, 3.05) is 26.2 Å². The molecule has 0 radical (unpaired) electrons. The zero-order valence-electron chi connectivity index (χ0n) is 12.5. The lowest BCUT2D eigenvalue weighted by Crippen LogP contribution is -2.32. The van der Waals surface area contributed by atoms with E-state index in [1.807, 2.05) is 12.1 Å². The minimum absolute atomic E-state index is 0.813. The Balaban J connectivity index is 1.43. The molecule has 0 atom stereocenters. The Bertz CT molecular complexity index is 572. The molecule has 0 unspecified atom stereocenters. The van der Waals surface area contributed by atoms with Crippen LogP contribution in [0.3, 0.4) is 0 Å². The Morgan fingerprint density at radius 2 is 1.95 bits per heavy atom. The van der Waals surface area contributed by atoms with Crippen LogP contribution in [-0.4, -0.2) is 36.1 Å². The number of aromatic amines is 1. The summed E-state index contributed by atoms with van der Waals surface area (Å²) in [7, 11) is 0. The number of hydrogen-bond acceptors (Lipinski definition) is 2. The third-order valence-corrected chi connectivity index (χ3v) is 4.72. The maximum absolute atomic E-state index is 6.41. The Hall–Kier alpha value is -1.03. The molecule has 4 heteroatoms. The van der Waals surface area contributed by atoms with Gasteiger partial charge in [-0.05, 0) is 51.5 Å². The van der Waals surface area contributed by atoms with Gasteiger partial charge in [-0.1, -0.05) is 36.2 Å². The highest BCUT2D eigenvalue weighted by atomic mass is 35.5. The van der Waals surface area contributed by atoms with Crippen LogP contribution in [0.15, 0.2) is 24.3 Å². The van der Waals surface area contributed by atoms with Gasteiger partial charge in [0, 0.05) is 23.1 Å². The van der Waals surface area contributed by atoms with E-state index in [4.69, 9.17) is 11.6 Å². The van der Waals surface area contributed by atoms with Crippen molar-refractivity contribution in [2.45, 2.75) is 32.2 Å². The fourth-order valence-corrected chi connectivity index (χ4v) is 3.39. The van der Waals surface area contributed by atoms with Crippen LogP contribution in [0.5, 0.6) is 0 Å². The Kier molecular flexibility index (Phi) is 5.17. The maximum atomic E-state index is 6.41. The van der Waals surface area contributed by atoms with E-state index in [-0.39, 0.29) is 0 Å². The molecule has 1 aliphatic rings. The van der Waals surface area contributed by atoms with Crippen molar-refractivity contribution in [1.82, 2.24) is 15.2 Å². The van der Waals surface area contributed by atoms with E-state index < -0.39 is 0 Å². The molecule has 1 aromatic heterocycles. The Morgan fingerprint density at radius 3 is 2.76 bits per heavy atom. The molecule has 1 saturated heterocycles. The zero-order valence-corrected chi connectivity index (χ0v) is 13.3. The number of H-pyrrole nitrogens is 1. The molecule has 2 heterocycles. The van der Waals surface area contributed by atoms with Gasteiger partial charge in [0.25, 0.3) is 0 Å². The standard InChI is InChI=1S/C17H24ClN3/c18-17-14-7-2-3-8-15(14)20-16(17)13-19-9-6-12-21-10-4-1-5-11-21/h2-3,7-8,19-20H,1,4-6,9-13H2. The number of likely N-dealkylation sites (tertiary alicyclic amines) is 1. The van der Waals surface area contributed by atoms with Gasteiger partial charge in [-0.3, -0.25) is 0 Å². The van der Waals surface area contributed by atoms with Crippen molar-refractivity contribution in [3.8, 4) is 0 Å². The van der Waals surface area contributed by atoms with E-state index in [9.17, 15) is 0 Å². The second kappa shape index (κ2) is 7.30. The highest BCUT2D eigenvalue weighted by Gasteiger charge is 2.10. The molecule has 114 valence electrons. The molecule has 3 rings (SSSR count). The summed E-state index contributed by atoms with van der Waals surface area (Å²) in [5, 5.41) is 5.47. The molecular formula is C17H24ClN3. The molecule has 0 saturated carbocycles. The largest absolute Gasteiger partial charge is 0.356 e. The normalized spacial score (nSPS) is 16.6. The van der Waals surface area contributed by atoms with Gasteiger partial charge in [-0.2, -0.15) is 0 Å². The van der Waals surface area contributed by atoms with Gasteiger partial charge >= 0.3 is 0 Å². The number of aromatic nitrogens is 1. The molecule has 0 amide bonds. The molecule has 21 heavy (non-hydrogen) atoms. The number of hydrogen-bond donors (Lipinski definition) is 2.